The molecule has 0 fully saturated rings. The van der Waals surface area contributed by atoms with Gasteiger partial charge in [0.25, 0.3) is 0 Å². The van der Waals surface area contributed by atoms with Crippen molar-refractivity contribution in [1.82, 2.24) is 10.3 Å². The van der Waals surface area contributed by atoms with Gasteiger partial charge in [0.1, 0.15) is 0 Å². The zero-order valence-electron chi connectivity index (χ0n) is 11.4. The first-order valence-corrected chi connectivity index (χ1v) is 6.64. The van der Waals surface area contributed by atoms with Gasteiger partial charge in [0, 0.05) is 26.3 Å². The van der Waals surface area contributed by atoms with Crippen molar-refractivity contribution in [3.63, 3.8) is 0 Å². The second-order valence-electron chi connectivity index (χ2n) is 4.46. The van der Waals surface area contributed by atoms with Crippen LogP contribution in [0.3, 0.4) is 0 Å². The minimum atomic E-state index is 0.933. The molecule has 1 N–H and O–H groups in total. The molecule has 0 aliphatic heterocycles. The third kappa shape index (κ3) is 4.73. The highest BCUT2D eigenvalue weighted by molar-refractivity contribution is 5.50. The molecule has 1 rings (SSSR count). The van der Waals surface area contributed by atoms with E-state index in [0.717, 1.165) is 19.6 Å². The molecule has 3 nitrogen and oxygen atoms in total. The maximum atomic E-state index is 4.23. The molecule has 0 amide bonds. The second kappa shape index (κ2) is 8.07. The Hall–Kier alpha value is -1.09. The van der Waals surface area contributed by atoms with Gasteiger partial charge >= 0.3 is 0 Å². The molecule has 96 valence electrons. The van der Waals surface area contributed by atoms with Gasteiger partial charge < -0.3 is 10.2 Å². The van der Waals surface area contributed by atoms with E-state index in [1.165, 1.54) is 30.5 Å². The molecule has 0 unspecified atom stereocenters. The van der Waals surface area contributed by atoms with Gasteiger partial charge in [-0.25, -0.2) is 0 Å². The number of nitrogens with zero attached hydrogens (tertiary/aromatic N) is 2. The second-order valence-corrected chi connectivity index (χ2v) is 4.46. The predicted octanol–water partition coefficient (Wildman–Crippen LogP) is 2.82. The first-order chi connectivity index (χ1) is 8.29. The Labute approximate surface area is 105 Å². The zero-order chi connectivity index (χ0) is 12.5. The van der Waals surface area contributed by atoms with Gasteiger partial charge in [-0.3, -0.25) is 4.98 Å². The lowest BCUT2D eigenvalue weighted by atomic mass is 10.2. The summed E-state index contributed by atoms with van der Waals surface area (Å²) in [5.74, 6) is 0. The quantitative estimate of drug-likeness (QED) is 0.702. The third-order valence-corrected chi connectivity index (χ3v) is 2.89. The summed E-state index contributed by atoms with van der Waals surface area (Å²) in [6.45, 7) is 7.51. The van der Waals surface area contributed by atoms with E-state index < -0.39 is 0 Å². The molecule has 17 heavy (non-hydrogen) atoms. The number of aromatic nitrogens is 1. The lowest BCUT2D eigenvalue weighted by Gasteiger charge is -2.21. The molecule has 0 aliphatic rings. The smallest absolute Gasteiger partial charge is 0.0595 e. The summed E-state index contributed by atoms with van der Waals surface area (Å²) in [6.07, 6.45) is 7.48. The Kier molecular flexibility index (Phi) is 6.63. The molecular weight excluding hydrogens is 210 g/mol. The molecule has 0 saturated heterocycles. The summed E-state index contributed by atoms with van der Waals surface area (Å²) in [7, 11) is 2.15. The van der Waals surface area contributed by atoms with E-state index in [1.54, 1.807) is 0 Å². The molecule has 0 bridgehead atoms. The summed E-state index contributed by atoms with van der Waals surface area (Å²) < 4.78 is 0. The van der Waals surface area contributed by atoms with Crippen molar-refractivity contribution in [3.8, 4) is 0 Å². The van der Waals surface area contributed by atoms with Gasteiger partial charge in [-0.1, -0.05) is 20.3 Å². The molecule has 0 aliphatic carbocycles. The van der Waals surface area contributed by atoms with Crippen LogP contribution in [0.15, 0.2) is 18.5 Å². The van der Waals surface area contributed by atoms with Gasteiger partial charge in [0.15, 0.2) is 0 Å². The van der Waals surface area contributed by atoms with Crippen molar-refractivity contribution in [2.24, 2.45) is 0 Å². The molecule has 0 radical (unpaired) electrons. The first kappa shape index (κ1) is 14.0. The van der Waals surface area contributed by atoms with E-state index in [-0.39, 0.29) is 0 Å². The highest BCUT2D eigenvalue weighted by Crippen LogP contribution is 2.17. The van der Waals surface area contributed by atoms with Crippen LogP contribution in [0.4, 0.5) is 5.69 Å². The average molecular weight is 235 g/mol. The van der Waals surface area contributed by atoms with Crippen molar-refractivity contribution in [3.05, 3.63) is 24.0 Å². The minimum absolute atomic E-state index is 0.933. The van der Waals surface area contributed by atoms with Crippen molar-refractivity contribution in [1.29, 1.82) is 0 Å². The lowest BCUT2D eigenvalue weighted by molar-refractivity contribution is 0.671. The van der Waals surface area contributed by atoms with E-state index in [9.17, 15) is 0 Å². The molecule has 0 saturated carbocycles. The van der Waals surface area contributed by atoms with Gasteiger partial charge in [0.05, 0.1) is 11.9 Å². The lowest BCUT2D eigenvalue weighted by Crippen LogP contribution is -2.22. The topological polar surface area (TPSA) is 28.2 Å². The van der Waals surface area contributed by atoms with Crippen LogP contribution in [-0.4, -0.2) is 25.1 Å². The Morgan fingerprint density at radius 2 is 2.12 bits per heavy atom. The zero-order valence-corrected chi connectivity index (χ0v) is 11.4. The van der Waals surface area contributed by atoms with Crippen molar-refractivity contribution in [2.45, 2.75) is 39.7 Å². The number of nitrogens with one attached hydrogen (secondary N) is 1. The maximum Gasteiger partial charge on any atom is 0.0595 e. The third-order valence-electron chi connectivity index (χ3n) is 2.89. The van der Waals surface area contributed by atoms with Crippen molar-refractivity contribution < 1.29 is 0 Å². The average Bonchev–Trinajstić information content (AvgIpc) is 2.37. The van der Waals surface area contributed by atoms with Crippen LogP contribution in [0, 0.1) is 0 Å². The predicted molar refractivity (Wildman–Crippen MR) is 74.4 cm³/mol. The fourth-order valence-corrected chi connectivity index (χ4v) is 1.82. The molecule has 3 heteroatoms. The molecule has 1 aromatic heterocycles. The van der Waals surface area contributed by atoms with Crippen LogP contribution in [0.25, 0.3) is 0 Å². The summed E-state index contributed by atoms with van der Waals surface area (Å²) in [5.41, 5.74) is 2.59. The van der Waals surface area contributed by atoms with E-state index >= 15 is 0 Å². The van der Waals surface area contributed by atoms with Crippen LogP contribution in [0.2, 0.25) is 0 Å². The monoisotopic (exact) mass is 235 g/mol. The van der Waals surface area contributed by atoms with E-state index in [2.05, 4.69) is 42.2 Å². The largest absolute Gasteiger partial charge is 0.373 e. The Morgan fingerprint density at radius 1 is 1.29 bits per heavy atom. The maximum absolute atomic E-state index is 4.23. The van der Waals surface area contributed by atoms with Gasteiger partial charge in [-0.15, -0.1) is 0 Å². The van der Waals surface area contributed by atoms with Crippen molar-refractivity contribution >= 4 is 5.69 Å². The Morgan fingerprint density at radius 3 is 2.82 bits per heavy atom. The first-order valence-electron chi connectivity index (χ1n) is 6.64. The fraction of sp³-hybridized carbons (Fsp3) is 0.643. The SMILES string of the molecule is CCCCN(C)c1cnccc1CNCCC. The van der Waals surface area contributed by atoms with Crippen LogP contribution >= 0.6 is 0 Å². The van der Waals surface area contributed by atoms with Crippen LogP contribution in [0.5, 0.6) is 0 Å². The van der Waals surface area contributed by atoms with E-state index in [4.69, 9.17) is 0 Å². The number of rotatable bonds is 8. The van der Waals surface area contributed by atoms with Crippen molar-refractivity contribution in [2.75, 3.05) is 25.0 Å². The number of hydrogen-bond acceptors (Lipinski definition) is 3. The highest BCUT2D eigenvalue weighted by Gasteiger charge is 2.06. The summed E-state index contributed by atoms with van der Waals surface area (Å²) in [4.78, 5) is 6.54. The summed E-state index contributed by atoms with van der Waals surface area (Å²) in [5, 5.41) is 3.45. The molecule has 0 spiro atoms. The number of hydrogen-bond donors (Lipinski definition) is 1. The number of unbranched alkanes of at least 4 members (excludes halogenated alkanes) is 1. The van der Waals surface area contributed by atoms with Crippen LogP contribution in [-0.2, 0) is 6.54 Å². The standard InChI is InChI=1S/C14H25N3/c1-4-6-10-17(3)14-12-16-9-7-13(14)11-15-8-5-2/h7,9,12,15H,4-6,8,10-11H2,1-3H3. The van der Waals surface area contributed by atoms with Gasteiger partial charge in [0.2, 0.25) is 0 Å². The molecule has 1 aromatic rings. The van der Waals surface area contributed by atoms with Gasteiger partial charge in [-0.05, 0) is 31.0 Å². The van der Waals surface area contributed by atoms with Crippen LogP contribution < -0.4 is 10.2 Å². The van der Waals surface area contributed by atoms with E-state index in [0.29, 0.717) is 0 Å². The van der Waals surface area contributed by atoms with Crippen LogP contribution in [0.1, 0.15) is 38.7 Å². The van der Waals surface area contributed by atoms with E-state index in [1.807, 2.05) is 12.4 Å². The molecular formula is C14H25N3. The highest BCUT2D eigenvalue weighted by atomic mass is 15.1. The molecule has 1 heterocycles. The number of anilines is 1. The Balaban J connectivity index is 2.62. The molecule has 0 aromatic carbocycles. The fourth-order valence-electron chi connectivity index (χ4n) is 1.82. The normalized spacial score (nSPS) is 10.5. The summed E-state index contributed by atoms with van der Waals surface area (Å²) >= 11 is 0. The Bertz CT molecular complexity index is 312. The molecule has 0 atom stereocenters. The number of pyridine rings is 1. The van der Waals surface area contributed by atoms with Gasteiger partial charge in [-0.2, -0.15) is 0 Å². The minimum Gasteiger partial charge on any atom is -0.373 e. The summed E-state index contributed by atoms with van der Waals surface area (Å²) in [6, 6.07) is 2.11.